The number of ketones is 1. The molecule has 1 unspecified atom stereocenters. The molecule has 0 spiro atoms. The second-order valence-electron chi connectivity index (χ2n) is 2.73. The second kappa shape index (κ2) is 2.80. The summed E-state index contributed by atoms with van der Waals surface area (Å²) in [6, 6.07) is 0. The topological polar surface area (TPSA) is 34.1 Å². The maximum atomic E-state index is 10.9. The van der Waals surface area contributed by atoms with E-state index in [-0.39, 0.29) is 11.7 Å². The average molecular weight is 138 g/mol. The molecule has 1 aliphatic carbocycles. The van der Waals surface area contributed by atoms with Crippen molar-refractivity contribution < 1.29 is 9.59 Å². The van der Waals surface area contributed by atoms with Crippen LogP contribution in [0.4, 0.5) is 0 Å². The van der Waals surface area contributed by atoms with E-state index in [1.807, 2.05) is 6.92 Å². The molecule has 0 aromatic rings. The maximum Gasteiger partial charge on any atom is 0.170 e. The van der Waals surface area contributed by atoms with Crippen molar-refractivity contribution in [1.82, 2.24) is 0 Å². The van der Waals surface area contributed by atoms with Gasteiger partial charge in [-0.3, -0.25) is 4.79 Å². The van der Waals surface area contributed by atoms with E-state index >= 15 is 0 Å². The molecule has 0 radical (unpaired) electrons. The summed E-state index contributed by atoms with van der Waals surface area (Å²) in [5.74, 6) is 1.85. The average Bonchev–Trinajstić information content (AvgIpc) is 1.88. The van der Waals surface area contributed by atoms with Crippen molar-refractivity contribution in [3.8, 4) is 0 Å². The van der Waals surface area contributed by atoms with Gasteiger partial charge in [0, 0.05) is 6.42 Å². The lowest BCUT2D eigenvalue weighted by atomic mass is 9.86. The monoisotopic (exact) mass is 138 g/mol. The maximum absolute atomic E-state index is 10.9. The lowest BCUT2D eigenvalue weighted by Crippen LogP contribution is -2.16. The Balaban J connectivity index is 2.83. The van der Waals surface area contributed by atoms with E-state index in [9.17, 15) is 9.59 Å². The summed E-state index contributed by atoms with van der Waals surface area (Å²) < 4.78 is 0. The highest BCUT2D eigenvalue weighted by molar-refractivity contribution is 6.03. The molecule has 0 amide bonds. The molecule has 0 bridgehead atoms. The predicted molar refractivity (Wildman–Crippen MR) is 37.2 cm³/mol. The molecular weight excluding hydrogens is 128 g/mol. The molecule has 0 aromatic carbocycles. The molecule has 10 heavy (non-hydrogen) atoms. The SMILES string of the molecule is CC1CCCC(=O)C1=C=O. The van der Waals surface area contributed by atoms with Gasteiger partial charge >= 0.3 is 0 Å². The van der Waals surface area contributed by atoms with E-state index in [4.69, 9.17) is 0 Å². The minimum Gasteiger partial charge on any atom is -0.294 e. The predicted octanol–water partition coefficient (Wildman–Crippen LogP) is 1.13. The van der Waals surface area contributed by atoms with Gasteiger partial charge in [0.2, 0.25) is 0 Å². The number of allylic oxidation sites excluding steroid dienone is 1. The van der Waals surface area contributed by atoms with Crippen LogP contribution in [0.15, 0.2) is 5.57 Å². The van der Waals surface area contributed by atoms with Crippen molar-refractivity contribution in [2.75, 3.05) is 0 Å². The number of hydrogen-bond donors (Lipinski definition) is 0. The Labute approximate surface area is 59.9 Å². The van der Waals surface area contributed by atoms with Gasteiger partial charge in [0.1, 0.15) is 5.94 Å². The van der Waals surface area contributed by atoms with Crippen molar-refractivity contribution in [1.29, 1.82) is 0 Å². The Morgan fingerprint density at radius 1 is 1.60 bits per heavy atom. The van der Waals surface area contributed by atoms with Gasteiger partial charge in [-0.25, -0.2) is 4.79 Å². The van der Waals surface area contributed by atoms with Crippen molar-refractivity contribution in [2.45, 2.75) is 26.2 Å². The summed E-state index contributed by atoms with van der Waals surface area (Å²) in [5, 5.41) is 0. The van der Waals surface area contributed by atoms with Crippen molar-refractivity contribution in [3.05, 3.63) is 5.57 Å². The summed E-state index contributed by atoms with van der Waals surface area (Å²) in [6.45, 7) is 1.90. The zero-order valence-corrected chi connectivity index (χ0v) is 6.02. The Bertz CT molecular complexity index is 199. The molecule has 54 valence electrons. The van der Waals surface area contributed by atoms with Crippen LogP contribution in [-0.4, -0.2) is 11.7 Å². The molecule has 2 heteroatoms. The highest BCUT2D eigenvalue weighted by atomic mass is 16.1. The highest BCUT2D eigenvalue weighted by Gasteiger charge is 2.22. The van der Waals surface area contributed by atoms with Gasteiger partial charge in [0.15, 0.2) is 5.78 Å². The lowest BCUT2D eigenvalue weighted by molar-refractivity contribution is -0.116. The minimum atomic E-state index is -0.00579. The molecule has 1 aliphatic rings. The van der Waals surface area contributed by atoms with Crippen LogP contribution in [0.2, 0.25) is 0 Å². The van der Waals surface area contributed by atoms with Gasteiger partial charge in [-0.05, 0) is 18.8 Å². The largest absolute Gasteiger partial charge is 0.294 e. The van der Waals surface area contributed by atoms with Crippen LogP contribution in [0, 0.1) is 5.92 Å². The van der Waals surface area contributed by atoms with E-state index in [0.29, 0.717) is 12.0 Å². The van der Waals surface area contributed by atoms with Crippen LogP contribution >= 0.6 is 0 Å². The fourth-order valence-electron chi connectivity index (χ4n) is 1.28. The van der Waals surface area contributed by atoms with Crippen molar-refractivity contribution in [2.24, 2.45) is 5.92 Å². The third-order valence-corrected chi connectivity index (χ3v) is 1.94. The number of carbonyl (C=O) groups is 1. The minimum absolute atomic E-state index is 0.00579. The van der Waals surface area contributed by atoms with Crippen LogP contribution in [0.1, 0.15) is 26.2 Å². The summed E-state index contributed by atoms with van der Waals surface area (Å²) in [4.78, 5) is 21.1. The van der Waals surface area contributed by atoms with E-state index in [0.717, 1.165) is 12.8 Å². The summed E-state index contributed by atoms with van der Waals surface area (Å²) in [5.41, 5.74) is 0.367. The van der Waals surface area contributed by atoms with E-state index in [1.54, 1.807) is 5.94 Å². The zero-order valence-electron chi connectivity index (χ0n) is 6.02. The fraction of sp³-hybridized carbons (Fsp3) is 0.625. The summed E-state index contributed by atoms with van der Waals surface area (Å²) in [7, 11) is 0. The van der Waals surface area contributed by atoms with E-state index in [1.165, 1.54) is 0 Å². The van der Waals surface area contributed by atoms with Gasteiger partial charge in [-0.2, -0.15) is 0 Å². The molecule has 0 aromatic heterocycles. The molecule has 0 heterocycles. The quantitative estimate of drug-likeness (QED) is 0.371. The van der Waals surface area contributed by atoms with Crippen LogP contribution < -0.4 is 0 Å². The standard InChI is InChI=1S/C8H10O2/c1-6-3-2-4-8(10)7(6)5-9/h6H,2-4H2,1H3. The van der Waals surface area contributed by atoms with Crippen molar-refractivity contribution in [3.63, 3.8) is 0 Å². The Morgan fingerprint density at radius 3 is 2.70 bits per heavy atom. The number of Topliss-reactive ketones (excluding diaryl/α,β-unsaturated/α-hetero) is 1. The third-order valence-electron chi connectivity index (χ3n) is 1.94. The molecular formula is C8H10O2. The number of rotatable bonds is 0. The van der Waals surface area contributed by atoms with E-state index < -0.39 is 0 Å². The first kappa shape index (κ1) is 7.23. The number of hydrogen-bond acceptors (Lipinski definition) is 2. The molecule has 1 fully saturated rings. The van der Waals surface area contributed by atoms with Gasteiger partial charge in [-0.1, -0.05) is 6.92 Å². The van der Waals surface area contributed by atoms with Gasteiger partial charge < -0.3 is 0 Å². The molecule has 1 saturated carbocycles. The normalized spacial score (nSPS) is 26.3. The van der Waals surface area contributed by atoms with Crippen LogP contribution in [0.25, 0.3) is 0 Å². The fourth-order valence-corrected chi connectivity index (χ4v) is 1.28. The summed E-state index contributed by atoms with van der Waals surface area (Å²) in [6.07, 6.45) is 2.41. The molecule has 0 N–H and O–H groups in total. The second-order valence-corrected chi connectivity index (χ2v) is 2.73. The first-order valence-corrected chi connectivity index (χ1v) is 3.54. The van der Waals surface area contributed by atoms with Crippen molar-refractivity contribution >= 4 is 11.7 Å². The highest BCUT2D eigenvalue weighted by Crippen LogP contribution is 2.23. The first-order valence-electron chi connectivity index (χ1n) is 3.54. The first-order chi connectivity index (χ1) is 4.75. The molecule has 1 atom stereocenters. The summed E-state index contributed by atoms with van der Waals surface area (Å²) >= 11 is 0. The van der Waals surface area contributed by atoms with Crippen LogP contribution in [0.5, 0.6) is 0 Å². The molecule has 0 aliphatic heterocycles. The Hall–Kier alpha value is -0.880. The van der Waals surface area contributed by atoms with Gasteiger partial charge in [0.05, 0.1) is 5.57 Å². The van der Waals surface area contributed by atoms with Gasteiger partial charge in [-0.15, -0.1) is 0 Å². The van der Waals surface area contributed by atoms with Gasteiger partial charge in [0.25, 0.3) is 0 Å². The molecule has 1 rings (SSSR count). The third kappa shape index (κ3) is 1.17. The van der Waals surface area contributed by atoms with Crippen LogP contribution in [0.3, 0.4) is 0 Å². The molecule has 2 nitrogen and oxygen atoms in total. The Morgan fingerprint density at radius 2 is 2.30 bits per heavy atom. The lowest BCUT2D eigenvalue weighted by Gasteiger charge is -2.16. The van der Waals surface area contributed by atoms with Crippen LogP contribution in [-0.2, 0) is 9.59 Å². The number of carbonyl (C=O) groups excluding carboxylic acids is 2. The van der Waals surface area contributed by atoms with E-state index in [2.05, 4.69) is 0 Å². The smallest absolute Gasteiger partial charge is 0.170 e. The zero-order chi connectivity index (χ0) is 7.56. The molecule has 0 saturated heterocycles. The Kier molecular flexibility index (Phi) is 2.03.